The fourth-order valence-electron chi connectivity index (χ4n) is 2.76. The molecular formula is C24H49OZr+2. The van der Waals surface area contributed by atoms with Crippen LogP contribution in [-0.2, 0) is 26.2 Å². The molecule has 2 rings (SSSR count). The van der Waals surface area contributed by atoms with Crippen molar-refractivity contribution in [3.05, 3.63) is 11.6 Å². The Morgan fingerprint density at radius 2 is 1.04 bits per heavy atom. The first-order valence-corrected chi connectivity index (χ1v) is 11.2. The third-order valence-electron chi connectivity index (χ3n) is 4.10. The number of unbranched alkanes of at least 4 members (excludes halogenated alkanes) is 1. The second-order valence-electron chi connectivity index (χ2n) is 8.34. The third kappa shape index (κ3) is 35.7. The first kappa shape index (κ1) is 31.3. The van der Waals surface area contributed by atoms with Gasteiger partial charge in [0.1, 0.15) is 0 Å². The first-order valence-electron chi connectivity index (χ1n) is 11.2. The zero-order valence-electron chi connectivity index (χ0n) is 19.1. The predicted octanol–water partition coefficient (Wildman–Crippen LogP) is 8.40. The molecule has 1 nitrogen and oxygen atoms in total. The van der Waals surface area contributed by atoms with Crippen molar-refractivity contribution >= 4 is 0 Å². The van der Waals surface area contributed by atoms with Crippen molar-refractivity contribution in [3.8, 4) is 0 Å². The van der Waals surface area contributed by atoms with Crippen LogP contribution < -0.4 is 0 Å². The van der Waals surface area contributed by atoms with Crippen molar-refractivity contribution in [1.82, 2.24) is 0 Å². The van der Waals surface area contributed by atoms with Crippen molar-refractivity contribution in [2.45, 2.75) is 143 Å². The molecule has 2 fully saturated rings. The largest absolute Gasteiger partial charge is 3.00 e. The summed E-state index contributed by atoms with van der Waals surface area (Å²) in [5.74, 6) is 0. The van der Waals surface area contributed by atoms with E-state index >= 15 is 0 Å². The predicted molar refractivity (Wildman–Crippen MR) is 115 cm³/mol. The average molecular weight is 445 g/mol. The molecule has 2 saturated carbocycles. The zero-order valence-corrected chi connectivity index (χ0v) is 21.5. The maximum absolute atomic E-state index is 8.52. The van der Waals surface area contributed by atoms with E-state index in [-0.39, 0.29) is 26.2 Å². The molecular weight excluding hydrogens is 395 g/mol. The van der Waals surface area contributed by atoms with Crippen LogP contribution in [-0.4, -0.2) is 10.7 Å². The topological polar surface area (TPSA) is 20.2 Å². The summed E-state index contributed by atoms with van der Waals surface area (Å²) in [6, 6.07) is 0. The molecule has 2 aliphatic carbocycles. The van der Waals surface area contributed by atoms with E-state index in [2.05, 4.69) is 26.8 Å². The van der Waals surface area contributed by atoms with Crippen LogP contribution in [0.5, 0.6) is 0 Å². The summed E-state index contributed by atoms with van der Waals surface area (Å²) in [5, 5.41) is 8.52. The van der Waals surface area contributed by atoms with E-state index in [1.807, 2.05) is 0 Å². The van der Waals surface area contributed by atoms with Crippen LogP contribution in [0, 0.1) is 6.08 Å². The Hall–Kier alpha value is 0.583. The van der Waals surface area contributed by atoms with Crippen molar-refractivity contribution in [1.29, 1.82) is 0 Å². The van der Waals surface area contributed by atoms with Gasteiger partial charge >= 0.3 is 26.2 Å². The molecule has 0 heterocycles. The fraction of sp³-hybridized carbons (Fsp3) is 0.917. The molecule has 1 N–H and O–H groups in total. The van der Waals surface area contributed by atoms with Crippen LogP contribution in [0.1, 0.15) is 138 Å². The Kier molecular flexibility index (Phi) is 28.4. The second-order valence-corrected chi connectivity index (χ2v) is 8.34. The van der Waals surface area contributed by atoms with E-state index in [9.17, 15) is 0 Å². The van der Waals surface area contributed by atoms with Gasteiger partial charge in [0.2, 0.25) is 0 Å². The van der Waals surface area contributed by atoms with Crippen LogP contribution in [0.4, 0.5) is 0 Å². The molecule has 0 aliphatic heterocycles. The Morgan fingerprint density at radius 1 is 0.731 bits per heavy atom. The minimum Gasteiger partial charge on any atom is -0.497 e. The Bertz CT molecular complexity index is 239. The van der Waals surface area contributed by atoms with E-state index in [1.165, 1.54) is 95.5 Å². The summed E-state index contributed by atoms with van der Waals surface area (Å²) in [4.78, 5) is 0. The van der Waals surface area contributed by atoms with Crippen LogP contribution in [0.25, 0.3) is 0 Å². The average Bonchev–Trinajstić information content (AvgIpc) is 3.28. The molecule has 0 atom stereocenters. The normalized spacial score (nSPS) is 16.2. The molecule has 0 aromatic rings. The number of hydrogen-bond acceptors (Lipinski definition) is 1. The standard InChI is InChI=1S/C10H19.2C5H10.C4H10O.Zr/c1-4-7-9-10(6-3)8-5-2;2*1-2-4-5-3-1;1-4(2,3)5;/h4-8H2,1-3H3;2*1-5H2;5H,1-3H3;/q-1;;;;+3. The summed E-state index contributed by atoms with van der Waals surface area (Å²) >= 11 is 0. The molecule has 0 saturated heterocycles. The van der Waals surface area contributed by atoms with Gasteiger partial charge in [-0.3, -0.25) is 5.57 Å². The van der Waals surface area contributed by atoms with Crippen LogP contribution in [0.2, 0.25) is 0 Å². The monoisotopic (exact) mass is 443 g/mol. The first-order chi connectivity index (χ1) is 11.8. The fourth-order valence-corrected chi connectivity index (χ4v) is 2.76. The van der Waals surface area contributed by atoms with Gasteiger partial charge < -0.3 is 11.2 Å². The number of allylic oxidation sites excluding steroid dienone is 2. The smallest absolute Gasteiger partial charge is 0.497 e. The zero-order chi connectivity index (χ0) is 19.4. The van der Waals surface area contributed by atoms with Crippen molar-refractivity contribution < 1.29 is 31.3 Å². The van der Waals surface area contributed by atoms with Gasteiger partial charge in [0.15, 0.2) is 0 Å². The molecule has 0 aromatic heterocycles. The molecule has 0 bridgehead atoms. The van der Waals surface area contributed by atoms with Crippen molar-refractivity contribution in [3.63, 3.8) is 0 Å². The summed E-state index contributed by atoms with van der Waals surface area (Å²) in [5.41, 5.74) is 1.02. The van der Waals surface area contributed by atoms with E-state index in [1.54, 1.807) is 20.8 Å². The van der Waals surface area contributed by atoms with Gasteiger partial charge in [-0.15, -0.1) is 0 Å². The summed E-state index contributed by atoms with van der Waals surface area (Å²) in [7, 11) is 0. The number of aliphatic hydroxyl groups is 1. The van der Waals surface area contributed by atoms with Crippen LogP contribution >= 0.6 is 0 Å². The van der Waals surface area contributed by atoms with Crippen molar-refractivity contribution in [2.75, 3.05) is 0 Å². The van der Waals surface area contributed by atoms with E-state index in [0.29, 0.717) is 0 Å². The van der Waals surface area contributed by atoms with Crippen molar-refractivity contribution in [2.24, 2.45) is 0 Å². The Balaban J connectivity index is -0.000000283. The Morgan fingerprint density at radius 3 is 1.23 bits per heavy atom. The summed E-state index contributed by atoms with van der Waals surface area (Å²) in [6.45, 7) is 11.9. The van der Waals surface area contributed by atoms with Gasteiger partial charge in [-0.2, -0.15) is 6.42 Å². The van der Waals surface area contributed by atoms with Gasteiger partial charge in [-0.1, -0.05) is 111 Å². The molecule has 153 valence electrons. The molecule has 0 spiro atoms. The molecule has 2 aliphatic rings. The van der Waals surface area contributed by atoms with E-state index < -0.39 is 5.60 Å². The minimum atomic E-state index is -0.500. The van der Waals surface area contributed by atoms with E-state index in [0.717, 1.165) is 6.42 Å². The number of hydrogen-bond donors (Lipinski definition) is 1. The molecule has 0 unspecified atom stereocenters. The molecule has 0 aromatic carbocycles. The van der Waals surface area contributed by atoms with Gasteiger partial charge in [-0.05, 0) is 20.8 Å². The Labute approximate surface area is 185 Å². The quantitative estimate of drug-likeness (QED) is 0.422. The minimum absolute atomic E-state index is 0. The van der Waals surface area contributed by atoms with Crippen LogP contribution in [0.15, 0.2) is 5.57 Å². The maximum Gasteiger partial charge on any atom is 3.00 e. The molecule has 26 heavy (non-hydrogen) atoms. The summed E-state index contributed by atoms with van der Waals surface area (Å²) < 4.78 is 0. The van der Waals surface area contributed by atoms with Gasteiger partial charge in [0.05, 0.1) is 5.60 Å². The van der Waals surface area contributed by atoms with Gasteiger partial charge in [0, 0.05) is 0 Å². The van der Waals surface area contributed by atoms with Gasteiger partial charge in [-0.25, -0.2) is 0 Å². The molecule has 1 radical (unpaired) electrons. The molecule has 0 amide bonds. The summed E-state index contributed by atoms with van der Waals surface area (Å²) in [6.07, 6.45) is 24.5. The number of rotatable bonds is 5. The molecule has 2 heteroatoms. The van der Waals surface area contributed by atoms with Crippen LogP contribution in [0.3, 0.4) is 0 Å². The van der Waals surface area contributed by atoms with E-state index in [4.69, 9.17) is 5.11 Å². The second kappa shape index (κ2) is 23.6. The SMILES string of the molecule is C1CCCC1.C1CCCC1.CC(C)(C)O.CCC[C-]=C(CC)CCC.[Zr+3]. The van der Waals surface area contributed by atoms with Gasteiger partial charge in [0.25, 0.3) is 0 Å². The maximum atomic E-state index is 8.52. The third-order valence-corrected chi connectivity index (χ3v) is 4.10.